The lowest BCUT2D eigenvalue weighted by atomic mass is 10.2. The van der Waals surface area contributed by atoms with Crippen molar-refractivity contribution in [1.29, 1.82) is 0 Å². The van der Waals surface area contributed by atoms with Crippen LogP contribution in [0, 0.1) is 12.7 Å². The van der Waals surface area contributed by atoms with Crippen molar-refractivity contribution in [2.45, 2.75) is 31.2 Å². The van der Waals surface area contributed by atoms with Crippen molar-refractivity contribution in [3.63, 3.8) is 0 Å². The maximum Gasteiger partial charge on any atom is 0.244 e. The smallest absolute Gasteiger partial charge is 0.244 e. The average Bonchev–Trinajstić information content (AvgIpc) is 2.74. The topological polar surface area (TPSA) is 78.5 Å². The highest BCUT2D eigenvalue weighted by atomic mass is 32.2. The Morgan fingerprint density at radius 2 is 1.94 bits per heavy atom. The van der Waals surface area contributed by atoms with Gasteiger partial charge in [-0.15, -0.1) is 0 Å². The fourth-order valence-corrected chi connectivity index (χ4v) is 4.90. The van der Waals surface area contributed by atoms with Crippen LogP contribution in [0.2, 0.25) is 0 Å². The monoisotopic (exact) mass is 467 g/mol. The van der Waals surface area contributed by atoms with Gasteiger partial charge in [0.1, 0.15) is 16.8 Å². The number of nitrogens with one attached hydrogen (secondary N) is 2. The molecule has 0 radical (unpaired) electrons. The summed E-state index contributed by atoms with van der Waals surface area (Å²) in [5.74, 6) is -0.688. The van der Waals surface area contributed by atoms with Crippen LogP contribution >= 0.6 is 11.8 Å². The summed E-state index contributed by atoms with van der Waals surface area (Å²) >= 11 is 1.51. The normalized spacial score (nSPS) is 12.4. The molecule has 1 unspecified atom stereocenters. The molecule has 6 nitrogen and oxygen atoms in total. The van der Waals surface area contributed by atoms with Crippen molar-refractivity contribution in [1.82, 2.24) is 10.0 Å². The van der Waals surface area contributed by atoms with Gasteiger partial charge in [-0.25, -0.2) is 12.8 Å². The van der Waals surface area contributed by atoms with Crippen LogP contribution in [0.15, 0.2) is 53.4 Å². The van der Waals surface area contributed by atoms with Crippen molar-refractivity contribution in [2.24, 2.45) is 0 Å². The molecule has 0 fully saturated rings. The number of amides is 1. The zero-order valence-corrected chi connectivity index (χ0v) is 19.7. The number of hydrogen-bond donors (Lipinski definition) is 2. The van der Waals surface area contributed by atoms with Crippen molar-refractivity contribution in [3.8, 4) is 0 Å². The minimum absolute atomic E-state index is 0.302. The largest absolute Gasteiger partial charge is 0.370 e. The van der Waals surface area contributed by atoms with E-state index in [0.717, 1.165) is 23.9 Å². The summed E-state index contributed by atoms with van der Waals surface area (Å²) in [6.07, 6.45) is 2.18. The first-order chi connectivity index (χ1) is 14.8. The second-order valence-corrected chi connectivity index (χ2v) is 9.76. The first-order valence-electron chi connectivity index (χ1n) is 10.1. The van der Waals surface area contributed by atoms with E-state index in [9.17, 15) is 17.6 Å². The molecule has 0 saturated heterocycles. The Labute approximate surface area is 188 Å². The fraction of sp³-hybridized carbons (Fsp3) is 0.409. The van der Waals surface area contributed by atoms with Gasteiger partial charge in [-0.05, 0) is 62.1 Å². The second-order valence-electron chi connectivity index (χ2n) is 7.10. The van der Waals surface area contributed by atoms with Gasteiger partial charge in [0.25, 0.3) is 0 Å². The van der Waals surface area contributed by atoms with E-state index in [4.69, 9.17) is 0 Å². The van der Waals surface area contributed by atoms with Gasteiger partial charge >= 0.3 is 0 Å². The maximum absolute atomic E-state index is 14.0. The van der Waals surface area contributed by atoms with Crippen molar-refractivity contribution < 1.29 is 17.6 Å². The number of rotatable bonds is 12. The van der Waals surface area contributed by atoms with Crippen LogP contribution in [0.1, 0.15) is 18.9 Å². The average molecular weight is 468 g/mol. The molecule has 0 saturated carbocycles. The molecule has 0 aliphatic heterocycles. The van der Waals surface area contributed by atoms with Gasteiger partial charge in [0.15, 0.2) is 0 Å². The summed E-state index contributed by atoms with van der Waals surface area (Å²) in [6, 6.07) is 12.2. The van der Waals surface area contributed by atoms with E-state index in [-0.39, 0.29) is 0 Å². The van der Waals surface area contributed by atoms with Crippen LogP contribution in [0.4, 0.5) is 10.1 Å². The van der Waals surface area contributed by atoms with Gasteiger partial charge in [0.2, 0.25) is 15.9 Å². The van der Waals surface area contributed by atoms with E-state index < -0.39 is 32.7 Å². The number of likely N-dealkylation sites (N-methyl/N-ethyl adjacent to an activating group) is 1. The number of carbonyl (C=O) groups is 1. The molecule has 1 amide bonds. The first kappa shape index (κ1) is 25.2. The fourth-order valence-electron chi connectivity index (χ4n) is 3.12. The Morgan fingerprint density at radius 3 is 2.58 bits per heavy atom. The summed E-state index contributed by atoms with van der Waals surface area (Å²) in [4.78, 5) is 14.4. The second kappa shape index (κ2) is 12.1. The highest BCUT2D eigenvalue weighted by Gasteiger charge is 2.27. The summed E-state index contributed by atoms with van der Waals surface area (Å²) in [5.41, 5.74) is 2.22. The van der Waals surface area contributed by atoms with Crippen LogP contribution in [-0.2, 0) is 14.8 Å². The molecule has 0 aromatic heterocycles. The molecule has 1 atom stereocenters. The molecule has 0 bridgehead atoms. The number of anilines is 1. The molecular weight excluding hydrogens is 437 g/mol. The minimum atomic E-state index is -4.16. The van der Waals surface area contributed by atoms with E-state index in [0.29, 0.717) is 25.3 Å². The molecule has 0 aliphatic rings. The highest BCUT2D eigenvalue weighted by Crippen LogP contribution is 2.16. The van der Waals surface area contributed by atoms with Crippen molar-refractivity contribution in [3.05, 3.63) is 59.9 Å². The molecule has 2 aromatic rings. The number of hydrogen-bond acceptors (Lipinski definition) is 5. The van der Waals surface area contributed by atoms with Gasteiger partial charge in [-0.3, -0.25) is 4.79 Å². The third-order valence-electron chi connectivity index (χ3n) is 4.78. The summed E-state index contributed by atoms with van der Waals surface area (Å²) in [6.45, 7) is 5.78. The van der Waals surface area contributed by atoms with E-state index in [1.165, 1.54) is 30.0 Å². The lowest BCUT2D eigenvalue weighted by Gasteiger charge is -2.24. The Morgan fingerprint density at radius 1 is 1.19 bits per heavy atom. The Kier molecular flexibility index (Phi) is 9.80. The van der Waals surface area contributed by atoms with Gasteiger partial charge in [-0.2, -0.15) is 16.5 Å². The number of carbonyl (C=O) groups excluding carboxylic acids is 1. The molecule has 0 heterocycles. The molecular formula is C22H30FN3O3S2. The first-order valence-corrected chi connectivity index (χ1v) is 13.0. The van der Waals surface area contributed by atoms with Gasteiger partial charge in [-0.1, -0.05) is 24.3 Å². The SMILES string of the molecule is CCN(CCNC(=O)C(CCSC)NS(=O)(=O)c1ccccc1F)c1cccc(C)c1. The number of aryl methyl sites for hydroxylation is 1. The predicted molar refractivity (Wildman–Crippen MR) is 126 cm³/mol. The number of halogens is 1. The summed E-state index contributed by atoms with van der Waals surface area (Å²) < 4.78 is 41.6. The Hall–Kier alpha value is -2.10. The van der Waals surface area contributed by atoms with Crippen LogP contribution in [0.3, 0.4) is 0 Å². The number of sulfonamides is 1. The Bertz CT molecular complexity index is 970. The van der Waals surface area contributed by atoms with Crippen LogP contribution in [0.25, 0.3) is 0 Å². The van der Waals surface area contributed by atoms with Gasteiger partial charge in [0.05, 0.1) is 0 Å². The van der Waals surface area contributed by atoms with Gasteiger partial charge in [0, 0.05) is 25.3 Å². The maximum atomic E-state index is 14.0. The molecule has 0 aliphatic carbocycles. The van der Waals surface area contributed by atoms with Gasteiger partial charge < -0.3 is 10.2 Å². The number of thioether (sulfide) groups is 1. The highest BCUT2D eigenvalue weighted by molar-refractivity contribution is 7.98. The lowest BCUT2D eigenvalue weighted by molar-refractivity contribution is -0.122. The van der Waals surface area contributed by atoms with E-state index in [2.05, 4.69) is 21.0 Å². The minimum Gasteiger partial charge on any atom is -0.370 e. The third kappa shape index (κ3) is 7.52. The van der Waals surface area contributed by atoms with Crippen LogP contribution in [0.5, 0.6) is 0 Å². The zero-order chi connectivity index (χ0) is 22.9. The van der Waals surface area contributed by atoms with Crippen molar-refractivity contribution in [2.75, 3.05) is 36.5 Å². The molecule has 2 aromatic carbocycles. The van der Waals surface area contributed by atoms with Crippen molar-refractivity contribution >= 4 is 33.4 Å². The van der Waals surface area contributed by atoms with E-state index >= 15 is 0 Å². The zero-order valence-electron chi connectivity index (χ0n) is 18.1. The third-order valence-corrected chi connectivity index (χ3v) is 6.93. The van der Waals surface area contributed by atoms with E-state index in [1.54, 1.807) is 0 Å². The predicted octanol–water partition coefficient (Wildman–Crippen LogP) is 3.18. The molecule has 9 heteroatoms. The quantitative estimate of drug-likeness (QED) is 0.501. The Balaban J connectivity index is 2.03. The molecule has 170 valence electrons. The summed E-state index contributed by atoms with van der Waals surface area (Å²) in [5, 5.41) is 2.82. The lowest BCUT2D eigenvalue weighted by Crippen LogP contribution is -2.48. The molecule has 0 spiro atoms. The number of benzene rings is 2. The number of nitrogens with zero attached hydrogens (tertiary/aromatic N) is 1. The van der Waals surface area contributed by atoms with Crippen LogP contribution in [-0.4, -0.2) is 52.0 Å². The van der Waals surface area contributed by atoms with E-state index in [1.807, 2.05) is 38.3 Å². The molecule has 2 rings (SSSR count). The van der Waals surface area contributed by atoms with Crippen LogP contribution < -0.4 is 14.9 Å². The molecule has 31 heavy (non-hydrogen) atoms. The molecule has 2 N–H and O–H groups in total. The standard InChI is InChI=1S/C22H30FN3O3S2/c1-4-26(18-9-7-8-17(2)16-18)14-13-24-22(27)20(12-15-30-3)25-31(28,29)21-11-6-5-10-19(21)23/h5-11,16,20,25H,4,12-15H2,1-3H3,(H,24,27). The summed E-state index contributed by atoms with van der Waals surface area (Å²) in [7, 11) is -4.16.